The smallest absolute Gasteiger partial charge is 0.383 e. The van der Waals surface area contributed by atoms with Crippen LogP contribution in [0.1, 0.15) is 66.1 Å². The Labute approximate surface area is 244 Å². The minimum absolute atomic E-state index is 0.0494. The van der Waals surface area contributed by atoms with Crippen molar-refractivity contribution in [2.24, 2.45) is 0 Å². The molecule has 0 bridgehead atoms. The van der Waals surface area contributed by atoms with Crippen molar-refractivity contribution in [2.75, 3.05) is 44.0 Å². The lowest BCUT2D eigenvalue weighted by Crippen LogP contribution is -2.35. The van der Waals surface area contributed by atoms with Crippen molar-refractivity contribution in [3.63, 3.8) is 0 Å². The molecular weight excluding hydrogens is 543 g/mol. The number of aryl methyl sites for hydroxylation is 3. The number of aromatic nitrogens is 2. The summed E-state index contributed by atoms with van der Waals surface area (Å²) in [6.07, 6.45) is -1.22. The van der Waals surface area contributed by atoms with Gasteiger partial charge >= 0.3 is 6.18 Å². The van der Waals surface area contributed by atoms with Gasteiger partial charge in [-0.25, -0.2) is 9.97 Å². The van der Waals surface area contributed by atoms with Crippen molar-refractivity contribution in [2.45, 2.75) is 64.0 Å². The van der Waals surface area contributed by atoms with Gasteiger partial charge in [-0.1, -0.05) is 24.3 Å². The number of piperidine rings is 1. The highest BCUT2D eigenvalue weighted by atomic mass is 19.4. The SMILES string of the molecule is COCCN1CCC(c2ccc(Nc3ncc(C(F)(F)F)c(CCc4cccc5c4C(C)(C)C(=O)N5)n3)c(C)c2)CC1. The molecule has 2 N–H and O–H groups in total. The summed E-state index contributed by atoms with van der Waals surface area (Å²) in [6, 6.07) is 11.7. The molecule has 0 saturated carbocycles. The Hall–Kier alpha value is -3.50. The van der Waals surface area contributed by atoms with Gasteiger partial charge in [0, 0.05) is 31.2 Å². The van der Waals surface area contributed by atoms with Crippen molar-refractivity contribution < 1.29 is 22.7 Å². The Balaban J connectivity index is 1.32. The minimum atomic E-state index is -4.58. The highest BCUT2D eigenvalue weighted by Crippen LogP contribution is 2.40. The number of carbonyl (C=O) groups excluding carboxylic acids is 1. The molecule has 1 amide bonds. The second-order valence-corrected chi connectivity index (χ2v) is 11.8. The first-order valence-electron chi connectivity index (χ1n) is 14.4. The van der Waals surface area contributed by atoms with E-state index in [1.807, 2.05) is 45.0 Å². The Morgan fingerprint density at radius 2 is 1.90 bits per heavy atom. The second-order valence-electron chi connectivity index (χ2n) is 11.8. The van der Waals surface area contributed by atoms with Gasteiger partial charge in [-0.15, -0.1) is 0 Å². The Bertz CT molecular complexity index is 1450. The first-order chi connectivity index (χ1) is 20.0. The van der Waals surface area contributed by atoms with E-state index in [9.17, 15) is 18.0 Å². The molecule has 0 atom stereocenters. The van der Waals surface area contributed by atoms with Crippen molar-refractivity contribution in [3.05, 3.63) is 76.1 Å². The standard InChI is InChI=1S/C32H38F3N5O2/c1-20-18-23(21-12-14-40(15-13-21)16-17-42-4)9-10-25(20)38-30-36-19-24(32(33,34)35)26(39-30)11-8-22-6-5-7-27-28(22)31(2,3)29(41)37-27/h5-7,9-10,18-19,21H,8,11-17H2,1-4H3,(H,37,41)(H,36,38,39). The second kappa shape index (κ2) is 12.0. The van der Waals surface area contributed by atoms with Crippen LogP contribution in [0.4, 0.5) is 30.5 Å². The average molecular weight is 582 g/mol. The van der Waals surface area contributed by atoms with Gasteiger partial charge < -0.3 is 20.3 Å². The Morgan fingerprint density at radius 3 is 2.60 bits per heavy atom. The number of halogens is 3. The molecule has 1 saturated heterocycles. The summed E-state index contributed by atoms with van der Waals surface area (Å²) in [5, 5.41) is 6.02. The van der Waals surface area contributed by atoms with Crippen LogP contribution >= 0.6 is 0 Å². The third-order valence-electron chi connectivity index (χ3n) is 8.56. The number of alkyl halides is 3. The summed E-state index contributed by atoms with van der Waals surface area (Å²) in [5.74, 6) is 0.472. The molecule has 224 valence electrons. The van der Waals surface area contributed by atoms with E-state index in [0.29, 0.717) is 18.0 Å². The lowest BCUT2D eigenvalue weighted by Gasteiger charge is -2.32. The number of amides is 1. The molecule has 1 fully saturated rings. The fourth-order valence-corrected chi connectivity index (χ4v) is 6.11. The minimum Gasteiger partial charge on any atom is -0.383 e. The van der Waals surface area contributed by atoms with Crippen LogP contribution < -0.4 is 10.6 Å². The lowest BCUT2D eigenvalue weighted by atomic mass is 9.82. The highest BCUT2D eigenvalue weighted by Gasteiger charge is 2.40. The molecule has 0 spiro atoms. The summed E-state index contributed by atoms with van der Waals surface area (Å²) in [7, 11) is 1.72. The van der Waals surface area contributed by atoms with Gasteiger partial charge in [0.1, 0.15) is 0 Å². The van der Waals surface area contributed by atoms with Crippen LogP contribution in [0.15, 0.2) is 42.6 Å². The Morgan fingerprint density at radius 1 is 1.14 bits per heavy atom. The molecule has 1 aromatic heterocycles. The zero-order valence-electron chi connectivity index (χ0n) is 24.6. The summed E-state index contributed by atoms with van der Waals surface area (Å²) >= 11 is 0. The highest BCUT2D eigenvalue weighted by molar-refractivity contribution is 6.06. The average Bonchev–Trinajstić information content (AvgIpc) is 3.19. The maximum Gasteiger partial charge on any atom is 0.419 e. The molecule has 5 rings (SSSR count). The molecule has 0 aliphatic carbocycles. The molecule has 0 unspecified atom stereocenters. The van der Waals surface area contributed by atoms with Crippen LogP contribution in [0.25, 0.3) is 0 Å². The molecule has 3 aromatic rings. The topological polar surface area (TPSA) is 79.4 Å². The fourth-order valence-electron chi connectivity index (χ4n) is 6.11. The van der Waals surface area contributed by atoms with Crippen LogP contribution in [0, 0.1) is 6.92 Å². The molecule has 2 aliphatic rings. The summed E-state index contributed by atoms with van der Waals surface area (Å²) in [5.41, 5.74) is 3.68. The number of rotatable bonds is 9. The zero-order valence-corrected chi connectivity index (χ0v) is 24.6. The van der Waals surface area contributed by atoms with E-state index in [4.69, 9.17) is 4.74 Å². The first kappa shape index (κ1) is 30.0. The van der Waals surface area contributed by atoms with Gasteiger partial charge in [-0.05, 0) is 99.8 Å². The van der Waals surface area contributed by atoms with Gasteiger partial charge in [0.2, 0.25) is 11.9 Å². The van der Waals surface area contributed by atoms with Gasteiger partial charge in [-0.3, -0.25) is 4.79 Å². The molecule has 7 nitrogen and oxygen atoms in total. The monoisotopic (exact) mass is 581 g/mol. The number of hydrogen-bond donors (Lipinski definition) is 2. The van der Waals surface area contributed by atoms with Crippen LogP contribution in [-0.2, 0) is 34.0 Å². The van der Waals surface area contributed by atoms with Gasteiger partial charge in [0.05, 0.1) is 23.3 Å². The van der Waals surface area contributed by atoms with Gasteiger partial charge in [0.15, 0.2) is 0 Å². The lowest BCUT2D eigenvalue weighted by molar-refractivity contribution is -0.138. The third-order valence-corrected chi connectivity index (χ3v) is 8.56. The van der Waals surface area contributed by atoms with Crippen molar-refractivity contribution in [1.29, 1.82) is 0 Å². The first-order valence-corrected chi connectivity index (χ1v) is 14.4. The van der Waals surface area contributed by atoms with Crippen LogP contribution in [0.2, 0.25) is 0 Å². The number of likely N-dealkylation sites (tertiary alicyclic amines) is 1. The van der Waals surface area contributed by atoms with E-state index in [1.54, 1.807) is 7.11 Å². The molecule has 0 radical (unpaired) electrons. The molecule has 3 heterocycles. The molecule has 42 heavy (non-hydrogen) atoms. The van der Waals surface area contributed by atoms with E-state index in [2.05, 4.69) is 37.6 Å². The third kappa shape index (κ3) is 6.29. The van der Waals surface area contributed by atoms with Gasteiger partial charge in [0.25, 0.3) is 0 Å². The summed E-state index contributed by atoms with van der Waals surface area (Å²) in [4.78, 5) is 23.3. The van der Waals surface area contributed by atoms with Gasteiger partial charge in [-0.2, -0.15) is 13.2 Å². The predicted molar refractivity (Wildman–Crippen MR) is 157 cm³/mol. The number of fused-ring (bicyclic) bond motifs is 1. The number of carbonyl (C=O) groups is 1. The van der Waals surface area contributed by atoms with Crippen LogP contribution in [-0.4, -0.2) is 54.1 Å². The molecular formula is C32H38F3N5O2. The van der Waals surface area contributed by atoms with Crippen molar-refractivity contribution in [3.8, 4) is 0 Å². The van der Waals surface area contributed by atoms with Crippen molar-refractivity contribution >= 4 is 23.2 Å². The maximum absolute atomic E-state index is 13.9. The predicted octanol–water partition coefficient (Wildman–Crippen LogP) is 6.39. The van der Waals surface area contributed by atoms with E-state index >= 15 is 0 Å². The molecule has 2 aromatic carbocycles. The van der Waals surface area contributed by atoms with Crippen LogP contribution in [0.5, 0.6) is 0 Å². The number of nitrogens with zero attached hydrogens (tertiary/aromatic N) is 3. The fraction of sp³-hybridized carbons (Fsp3) is 0.469. The number of ether oxygens (including phenoxy) is 1. The van der Waals surface area contributed by atoms with E-state index < -0.39 is 17.2 Å². The largest absolute Gasteiger partial charge is 0.419 e. The number of anilines is 3. The van der Waals surface area contributed by atoms with E-state index in [0.717, 1.165) is 67.7 Å². The summed E-state index contributed by atoms with van der Waals surface area (Å²) < 4.78 is 47.0. The van der Waals surface area contributed by atoms with E-state index in [1.165, 1.54) is 5.56 Å². The number of benzene rings is 2. The zero-order chi connectivity index (χ0) is 30.1. The summed E-state index contributed by atoms with van der Waals surface area (Å²) in [6.45, 7) is 9.38. The Kier molecular flexibility index (Phi) is 8.57. The number of hydrogen-bond acceptors (Lipinski definition) is 6. The maximum atomic E-state index is 13.9. The molecule has 10 heteroatoms. The number of nitrogens with one attached hydrogen (secondary N) is 2. The van der Waals surface area contributed by atoms with Crippen LogP contribution in [0.3, 0.4) is 0 Å². The van der Waals surface area contributed by atoms with Crippen molar-refractivity contribution in [1.82, 2.24) is 14.9 Å². The number of methoxy groups -OCH3 is 1. The normalized spacial score (nSPS) is 17.3. The molecule has 2 aliphatic heterocycles. The van der Waals surface area contributed by atoms with E-state index in [-0.39, 0.29) is 24.0 Å². The quantitative estimate of drug-likeness (QED) is 0.305.